The van der Waals surface area contributed by atoms with E-state index >= 15 is 0 Å². The summed E-state index contributed by atoms with van der Waals surface area (Å²) in [6.45, 7) is -0.546. The van der Waals surface area contributed by atoms with Gasteiger partial charge in [-0.15, -0.1) is 0 Å². The molecule has 2 atom stereocenters. The molecule has 0 heterocycles. The lowest BCUT2D eigenvalue weighted by molar-refractivity contribution is -0.141. The molecule has 2 aromatic rings. The standard InChI is InChI=1S/C34H46N2O8S2/c37-33(43-23-31(29-17-9-3-10-18-29)35-45(39,40)25-27-13-5-1-6-14-27)21-22-34(38)44-24-32(30-19-11-4-12-20-30)36-46(41,42)26-28-15-7-2-8-16-28/h3-4,9-12,17-22,27-28,31-32,35-36H,1-2,5-8,13-16,23-26H2/b22-21+/t31-,32-/m1/s1. The van der Waals surface area contributed by atoms with E-state index in [1.165, 1.54) is 0 Å². The molecular formula is C34H46N2O8S2. The lowest BCUT2D eigenvalue weighted by Gasteiger charge is -2.24. The minimum Gasteiger partial charge on any atom is -0.460 e. The van der Waals surface area contributed by atoms with Gasteiger partial charge in [0.1, 0.15) is 13.2 Å². The first-order valence-electron chi connectivity index (χ1n) is 16.2. The summed E-state index contributed by atoms with van der Waals surface area (Å²) in [6, 6.07) is 16.1. The Bertz CT molecular complexity index is 1370. The Labute approximate surface area is 273 Å². The van der Waals surface area contributed by atoms with Gasteiger partial charge in [-0.25, -0.2) is 35.9 Å². The zero-order chi connectivity index (χ0) is 32.8. The molecule has 0 saturated heterocycles. The molecule has 0 radical (unpaired) electrons. The van der Waals surface area contributed by atoms with Gasteiger partial charge in [0.05, 0.1) is 23.6 Å². The predicted molar refractivity (Wildman–Crippen MR) is 176 cm³/mol. The third-order valence-corrected chi connectivity index (χ3v) is 11.7. The van der Waals surface area contributed by atoms with Crippen LogP contribution in [0.3, 0.4) is 0 Å². The minimum atomic E-state index is -3.64. The zero-order valence-electron chi connectivity index (χ0n) is 26.2. The molecule has 2 aliphatic rings. The molecule has 0 amide bonds. The van der Waals surface area contributed by atoms with Crippen molar-refractivity contribution in [1.29, 1.82) is 0 Å². The Morgan fingerprint density at radius 2 is 0.957 bits per heavy atom. The van der Waals surface area contributed by atoms with Crippen molar-refractivity contribution < 1.29 is 35.9 Å². The van der Waals surface area contributed by atoms with Crippen LogP contribution < -0.4 is 9.44 Å². The van der Waals surface area contributed by atoms with E-state index in [1.54, 1.807) is 48.5 Å². The number of benzene rings is 2. The van der Waals surface area contributed by atoms with Crippen molar-refractivity contribution in [2.24, 2.45) is 11.8 Å². The number of carbonyl (C=O) groups is 2. The van der Waals surface area contributed by atoms with Crippen molar-refractivity contribution >= 4 is 32.0 Å². The second-order valence-corrected chi connectivity index (χ2v) is 15.9. The lowest BCUT2D eigenvalue weighted by atomic mass is 9.91. The van der Waals surface area contributed by atoms with Gasteiger partial charge in [-0.2, -0.15) is 0 Å². The van der Waals surface area contributed by atoms with Crippen LogP contribution >= 0.6 is 0 Å². The van der Waals surface area contributed by atoms with Gasteiger partial charge in [0.25, 0.3) is 0 Å². The molecule has 2 fully saturated rings. The van der Waals surface area contributed by atoms with Crippen molar-refractivity contribution in [3.63, 3.8) is 0 Å². The summed E-state index contributed by atoms with van der Waals surface area (Å²) in [5, 5.41) is 0. The van der Waals surface area contributed by atoms with Crippen molar-refractivity contribution in [3.05, 3.63) is 83.9 Å². The topological polar surface area (TPSA) is 145 Å². The van der Waals surface area contributed by atoms with E-state index in [-0.39, 0.29) is 36.6 Å². The quantitative estimate of drug-likeness (QED) is 0.185. The highest BCUT2D eigenvalue weighted by Gasteiger charge is 2.27. The molecule has 252 valence electrons. The maximum absolute atomic E-state index is 13.0. The largest absolute Gasteiger partial charge is 0.460 e. The van der Waals surface area contributed by atoms with Gasteiger partial charge < -0.3 is 9.47 Å². The van der Waals surface area contributed by atoms with Crippen LogP contribution in [-0.2, 0) is 39.1 Å². The van der Waals surface area contributed by atoms with E-state index in [9.17, 15) is 26.4 Å². The molecule has 46 heavy (non-hydrogen) atoms. The van der Waals surface area contributed by atoms with Crippen LogP contribution in [0.2, 0.25) is 0 Å². The van der Waals surface area contributed by atoms with Gasteiger partial charge in [0, 0.05) is 12.2 Å². The molecule has 2 N–H and O–H groups in total. The fraction of sp³-hybridized carbons (Fsp3) is 0.529. The maximum Gasteiger partial charge on any atom is 0.331 e. The maximum atomic E-state index is 13.0. The normalized spacial score (nSPS) is 18.2. The summed E-state index contributed by atoms with van der Waals surface area (Å²) in [4.78, 5) is 25.0. The van der Waals surface area contributed by atoms with Crippen LogP contribution in [0.5, 0.6) is 0 Å². The summed E-state index contributed by atoms with van der Waals surface area (Å²) in [7, 11) is -7.29. The Morgan fingerprint density at radius 3 is 1.30 bits per heavy atom. The summed E-state index contributed by atoms with van der Waals surface area (Å²) in [6.07, 6.45) is 11.7. The average Bonchev–Trinajstić information content (AvgIpc) is 3.05. The molecule has 2 aromatic carbocycles. The lowest BCUT2D eigenvalue weighted by Crippen LogP contribution is -2.36. The molecule has 4 rings (SSSR count). The van der Waals surface area contributed by atoms with Gasteiger partial charge >= 0.3 is 11.9 Å². The molecule has 0 bridgehead atoms. The Kier molecular flexibility index (Phi) is 13.8. The van der Waals surface area contributed by atoms with Crippen LogP contribution in [0, 0.1) is 11.8 Å². The molecule has 0 spiro atoms. The van der Waals surface area contributed by atoms with Crippen molar-refractivity contribution in [2.45, 2.75) is 76.3 Å². The SMILES string of the molecule is O=C(/C=C/C(=O)OC[C@@H](NS(=O)(=O)CC1CCCCC1)c1ccccc1)OC[C@@H](NS(=O)(=O)CC1CCCCC1)c1ccccc1. The summed E-state index contributed by atoms with van der Waals surface area (Å²) < 4.78 is 68.0. The van der Waals surface area contributed by atoms with Gasteiger partial charge in [-0.1, -0.05) is 99.2 Å². The van der Waals surface area contributed by atoms with Crippen LogP contribution in [-0.4, -0.2) is 53.5 Å². The number of ether oxygens (including phenoxy) is 2. The molecular weight excluding hydrogens is 629 g/mol. The highest BCUT2D eigenvalue weighted by molar-refractivity contribution is 7.89. The monoisotopic (exact) mass is 674 g/mol. The van der Waals surface area contributed by atoms with E-state index in [1.807, 2.05) is 12.1 Å². The van der Waals surface area contributed by atoms with Crippen molar-refractivity contribution in [2.75, 3.05) is 24.7 Å². The van der Waals surface area contributed by atoms with Crippen LogP contribution in [0.4, 0.5) is 0 Å². The van der Waals surface area contributed by atoms with E-state index in [4.69, 9.17) is 9.47 Å². The number of carbonyl (C=O) groups excluding carboxylic acids is 2. The summed E-state index contributed by atoms with van der Waals surface area (Å²) in [5.41, 5.74) is 1.28. The first-order valence-corrected chi connectivity index (χ1v) is 19.5. The second kappa shape index (κ2) is 17.7. The van der Waals surface area contributed by atoms with Gasteiger partial charge in [-0.05, 0) is 48.6 Å². The molecule has 2 saturated carbocycles. The number of hydrogen-bond donors (Lipinski definition) is 2. The van der Waals surface area contributed by atoms with Crippen LogP contribution in [0.1, 0.15) is 87.4 Å². The third kappa shape index (κ3) is 12.6. The molecule has 0 aromatic heterocycles. The van der Waals surface area contributed by atoms with E-state index in [0.29, 0.717) is 11.1 Å². The Hall–Kier alpha value is -3.06. The van der Waals surface area contributed by atoms with E-state index in [2.05, 4.69) is 9.44 Å². The molecule has 10 nitrogen and oxygen atoms in total. The van der Waals surface area contributed by atoms with Gasteiger partial charge in [0.2, 0.25) is 20.0 Å². The number of esters is 2. The van der Waals surface area contributed by atoms with E-state index in [0.717, 1.165) is 76.4 Å². The predicted octanol–water partition coefficient (Wildman–Crippen LogP) is 5.11. The molecule has 0 aliphatic heterocycles. The third-order valence-electron chi connectivity index (χ3n) is 8.55. The number of nitrogens with one attached hydrogen (secondary N) is 2. The van der Waals surface area contributed by atoms with E-state index < -0.39 is 44.1 Å². The van der Waals surface area contributed by atoms with Gasteiger partial charge in [0.15, 0.2) is 0 Å². The first kappa shape index (κ1) is 35.8. The van der Waals surface area contributed by atoms with Gasteiger partial charge in [-0.3, -0.25) is 0 Å². The van der Waals surface area contributed by atoms with Crippen molar-refractivity contribution in [3.8, 4) is 0 Å². The molecule has 0 unspecified atom stereocenters. The Balaban J connectivity index is 1.31. The highest BCUT2D eigenvalue weighted by Crippen LogP contribution is 2.27. The fourth-order valence-corrected chi connectivity index (χ4v) is 9.56. The van der Waals surface area contributed by atoms with Crippen LogP contribution in [0.25, 0.3) is 0 Å². The zero-order valence-corrected chi connectivity index (χ0v) is 27.9. The minimum absolute atomic E-state index is 0.0245. The first-order chi connectivity index (χ1) is 22.1. The van der Waals surface area contributed by atoms with Crippen molar-refractivity contribution in [1.82, 2.24) is 9.44 Å². The number of sulfonamides is 2. The average molecular weight is 675 g/mol. The number of hydrogen-bond acceptors (Lipinski definition) is 8. The summed E-state index contributed by atoms with van der Waals surface area (Å²) in [5.74, 6) is -1.44. The van der Waals surface area contributed by atoms with Crippen LogP contribution in [0.15, 0.2) is 72.8 Å². The number of rotatable bonds is 16. The molecule has 12 heteroatoms. The summed E-state index contributed by atoms with van der Waals surface area (Å²) >= 11 is 0. The fourth-order valence-electron chi connectivity index (χ4n) is 6.19. The highest BCUT2D eigenvalue weighted by atomic mass is 32.2. The smallest absolute Gasteiger partial charge is 0.331 e. The molecule has 2 aliphatic carbocycles. The Morgan fingerprint density at radius 1 is 0.609 bits per heavy atom. The second-order valence-electron chi connectivity index (χ2n) is 12.3.